The number of amides is 1. The van der Waals surface area contributed by atoms with E-state index < -0.39 is 17.6 Å². The van der Waals surface area contributed by atoms with E-state index in [1.807, 2.05) is 13.8 Å². The largest absolute Gasteiger partial charge is 0.500 e. The summed E-state index contributed by atoms with van der Waals surface area (Å²) in [5.74, 6) is -0.0583. The first-order valence-corrected chi connectivity index (χ1v) is 13.6. The molecule has 0 saturated carbocycles. The SMILES string of the molecule is C=C(C)C(=O)N(CCC[Si](OC)(OC)OCC)CCC[Si](OC)(OC)OCC. The molecule has 8 nitrogen and oxygen atoms in total. The van der Waals surface area contributed by atoms with Gasteiger partial charge in [0, 0.05) is 72.4 Å². The summed E-state index contributed by atoms with van der Waals surface area (Å²) in [5, 5.41) is 0. The average molecular weight is 438 g/mol. The fraction of sp³-hybridized carbons (Fsp3) is 0.833. The molecule has 0 aliphatic heterocycles. The van der Waals surface area contributed by atoms with Crippen molar-refractivity contribution < 1.29 is 31.4 Å². The van der Waals surface area contributed by atoms with Crippen LogP contribution in [0.15, 0.2) is 12.2 Å². The van der Waals surface area contributed by atoms with Crippen molar-refractivity contribution in [3.05, 3.63) is 12.2 Å². The highest BCUT2D eigenvalue weighted by Gasteiger charge is 2.39. The summed E-state index contributed by atoms with van der Waals surface area (Å²) in [5.41, 5.74) is 0.513. The van der Waals surface area contributed by atoms with Crippen LogP contribution in [0.4, 0.5) is 0 Å². The van der Waals surface area contributed by atoms with Gasteiger partial charge in [-0.3, -0.25) is 4.79 Å². The van der Waals surface area contributed by atoms with Crippen molar-refractivity contribution in [2.75, 3.05) is 54.7 Å². The van der Waals surface area contributed by atoms with Crippen molar-refractivity contribution in [1.29, 1.82) is 0 Å². The topological polar surface area (TPSA) is 75.7 Å². The second kappa shape index (κ2) is 14.4. The van der Waals surface area contributed by atoms with Gasteiger partial charge in [-0.15, -0.1) is 0 Å². The van der Waals surface area contributed by atoms with Crippen molar-refractivity contribution in [3.8, 4) is 0 Å². The average Bonchev–Trinajstić information content (AvgIpc) is 2.70. The summed E-state index contributed by atoms with van der Waals surface area (Å²) in [6, 6.07) is 1.28. The molecule has 10 heteroatoms. The summed E-state index contributed by atoms with van der Waals surface area (Å²) < 4.78 is 33.6. The van der Waals surface area contributed by atoms with Crippen LogP contribution in [0.1, 0.15) is 33.6 Å². The van der Waals surface area contributed by atoms with Crippen LogP contribution in [-0.4, -0.2) is 83.2 Å². The summed E-state index contributed by atoms with van der Waals surface area (Å²) in [4.78, 5) is 14.3. The van der Waals surface area contributed by atoms with E-state index in [1.165, 1.54) is 0 Å². The number of rotatable bonds is 17. The van der Waals surface area contributed by atoms with Gasteiger partial charge in [-0.25, -0.2) is 0 Å². The molecule has 0 spiro atoms. The van der Waals surface area contributed by atoms with Crippen molar-refractivity contribution in [2.24, 2.45) is 0 Å². The van der Waals surface area contributed by atoms with Gasteiger partial charge in [-0.2, -0.15) is 0 Å². The maximum atomic E-state index is 12.5. The Morgan fingerprint density at radius 1 is 0.821 bits per heavy atom. The minimum atomic E-state index is -2.67. The lowest BCUT2D eigenvalue weighted by atomic mass is 10.2. The van der Waals surface area contributed by atoms with E-state index in [9.17, 15) is 4.79 Å². The third-order valence-corrected chi connectivity index (χ3v) is 10.3. The Morgan fingerprint density at radius 2 is 1.18 bits per heavy atom. The molecule has 0 radical (unpaired) electrons. The van der Waals surface area contributed by atoms with E-state index in [0.29, 0.717) is 44.0 Å². The first kappa shape index (κ1) is 27.4. The Labute approximate surface area is 172 Å². The van der Waals surface area contributed by atoms with Gasteiger partial charge < -0.3 is 31.5 Å². The van der Waals surface area contributed by atoms with E-state index in [1.54, 1.807) is 40.3 Å². The molecule has 166 valence electrons. The van der Waals surface area contributed by atoms with Gasteiger partial charge in [-0.05, 0) is 33.6 Å². The van der Waals surface area contributed by atoms with Gasteiger partial charge in [0.25, 0.3) is 0 Å². The Morgan fingerprint density at radius 3 is 1.43 bits per heavy atom. The fourth-order valence-electron chi connectivity index (χ4n) is 2.95. The van der Waals surface area contributed by atoms with Crippen LogP contribution < -0.4 is 0 Å². The number of carbonyl (C=O) groups is 1. The third kappa shape index (κ3) is 8.83. The molecular formula is C18H39NO7Si2. The molecule has 28 heavy (non-hydrogen) atoms. The maximum absolute atomic E-state index is 12.5. The van der Waals surface area contributed by atoms with Crippen molar-refractivity contribution in [3.63, 3.8) is 0 Å². The van der Waals surface area contributed by atoms with Crippen molar-refractivity contribution in [2.45, 2.75) is 45.7 Å². The normalized spacial score (nSPS) is 12.2. The van der Waals surface area contributed by atoms with E-state index >= 15 is 0 Å². The molecule has 0 aliphatic carbocycles. The summed E-state index contributed by atoms with van der Waals surface area (Å²) in [7, 11) is 1.09. The quantitative estimate of drug-likeness (QED) is 0.256. The monoisotopic (exact) mass is 437 g/mol. The van der Waals surface area contributed by atoms with Gasteiger partial charge in [0.2, 0.25) is 5.91 Å². The Hall–Kier alpha value is -0.596. The molecule has 0 fully saturated rings. The molecule has 0 aromatic rings. The van der Waals surface area contributed by atoms with Crippen LogP contribution in [-0.2, 0) is 31.4 Å². The Kier molecular flexibility index (Phi) is 14.1. The van der Waals surface area contributed by atoms with Crippen LogP contribution in [0.2, 0.25) is 12.1 Å². The van der Waals surface area contributed by atoms with Gasteiger partial charge >= 0.3 is 17.6 Å². The van der Waals surface area contributed by atoms with Gasteiger partial charge in [0.1, 0.15) is 0 Å². The highest BCUT2D eigenvalue weighted by Crippen LogP contribution is 2.19. The lowest BCUT2D eigenvalue weighted by molar-refractivity contribution is -0.127. The second-order valence-corrected chi connectivity index (χ2v) is 12.3. The number of carbonyl (C=O) groups excluding carboxylic acids is 1. The van der Waals surface area contributed by atoms with E-state index in [0.717, 1.165) is 12.8 Å². The smallest absolute Gasteiger partial charge is 0.377 e. The predicted molar refractivity (Wildman–Crippen MR) is 113 cm³/mol. The minimum Gasteiger partial charge on any atom is -0.377 e. The van der Waals surface area contributed by atoms with Gasteiger partial charge in [0.05, 0.1) is 0 Å². The van der Waals surface area contributed by atoms with Crippen LogP contribution in [0, 0.1) is 0 Å². The first-order valence-electron chi connectivity index (χ1n) is 9.72. The fourth-order valence-corrected chi connectivity index (χ4v) is 6.92. The Bertz CT molecular complexity index is 429. The molecule has 0 saturated heterocycles. The molecule has 0 aliphatic rings. The molecular weight excluding hydrogens is 398 g/mol. The van der Waals surface area contributed by atoms with Gasteiger partial charge in [-0.1, -0.05) is 6.58 Å². The van der Waals surface area contributed by atoms with Crippen LogP contribution in [0.25, 0.3) is 0 Å². The molecule has 1 amide bonds. The standard InChI is InChI=1S/C18H39NO7Si2/c1-9-25-27(21-5,22-6)15-11-13-19(18(20)17(3)4)14-12-16-28(23-7,24-8)26-10-2/h3,9-16H2,1-2,4-8H3. The number of nitrogens with zero attached hydrogens (tertiary/aromatic N) is 1. The lowest BCUT2D eigenvalue weighted by Crippen LogP contribution is -2.45. The van der Waals surface area contributed by atoms with E-state index in [4.69, 9.17) is 26.6 Å². The third-order valence-electron chi connectivity index (χ3n) is 4.45. The lowest BCUT2D eigenvalue weighted by Gasteiger charge is -2.29. The summed E-state index contributed by atoms with van der Waals surface area (Å²) >= 11 is 0. The molecule has 0 aromatic carbocycles. The van der Waals surface area contributed by atoms with Crippen molar-refractivity contribution >= 4 is 23.5 Å². The van der Waals surface area contributed by atoms with Crippen molar-refractivity contribution in [1.82, 2.24) is 4.90 Å². The second-order valence-electron chi connectivity index (χ2n) is 6.33. The molecule has 0 N–H and O–H groups in total. The van der Waals surface area contributed by atoms with E-state index in [-0.39, 0.29) is 5.91 Å². The zero-order chi connectivity index (χ0) is 21.6. The molecule has 0 rings (SSSR count). The van der Waals surface area contributed by atoms with E-state index in [2.05, 4.69) is 6.58 Å². The summed E-state index contributed by atoms with van der Waals surface area (Å²) in [6.07, 6.45) is 1.44. The molecule has 0 atom stereocenters. The number of hydrogen-bond acceptors (Lipinski definition) is 7. The maximum Gasteiger partial charge on any atom is 0.500 e. The Balaban J connectivity index is 4.88. The number of hydrogen-bond donors (Lipinski definition) is 0. The molecule has 0 unspecified atom stereocenters. The van der Waals surface area contributed by atoms with Gasteiger partial charge in [0.15, 0.2) is 0 Å². The molecule has 0 bridgehead atoms. The molecule has 0 aromatic heterocycles. The first-order chi connectivity index (χ1) is 13.3. The zero-order valence-electron chi connectivity index (χ0n) is 18.7. The van der Waals surface area contributed by atoms with Crippen LogP contribution in [0.3, 0.4) is 0 Å². The van der Waals surface area contributed by atoms with Crippen LogP contribution >= 0.6 is 0 Å². The van der Waals surface area contributed by atoms with Crippen LogP contribution in [0.5, 0.6) is 0 Å². The minimum absolute atomic E-state index is 0.0583. The highest BCUT2D eigenvalue weighted by molar-refractivity contribution is 6.61. The highest BCUT2D eigenvalue weighted by atomic mass is 28.4. The molecule has 0 heterocycles. The summed E-state index contributed by atoms with van der Waals surface area (Å²) in [6.45, 7) is 11.5. The predicted octanol–water partition coefficient (Wildman–Crippen LogP) is 2.71. The zero-order valence-corrected chi connectivity index (χ0v) is 20.7.